The van der Waals surface area contributed by atoms with Crippen LogP contribution in [0.3, 0.4) is 0 Å². The molecule has 0 fully saturated rings. The summed E-state index contributed by atoms with van der Waals surface area (Å²) in [6.07, 6.45) is 7.49. The second-order valence-corrected chi connectivity index (χ2v) is 9.75. The van der Waals surface area contributed by atoms with Crippen LogP contribution in [0.5, 0.6) is 11.5 Å². The number of nitrogens with two attached hydrogens (primary N) is 2. The molecule has 0 spiro atoms. The van der Waals surface area contributed by atoms with Crippen LogP contribution >= 0.6 is 0 Å². The topological polar surface area (TPSA) is 120 Å². The Labute approximate surface area is 225 Å². The molecule has 0 aliphatic carbocycles. The second kappa shape index (κ2) is 12.8. The molecule has 0 aliphatic rings. The maximum atomic E-state index is 6.01. The molecule has 202 valence electrons. The molecule has 2 atom stereocenters. The van der Waals surface area contributed by atoms with E-state index in [2.05, 4.69) is 36.6 Å². The highest BCUT2D eigenvalue weighted by Crippen LogP contribution is 2.48. The number of anilines is 2. The summed E-state index contributed by atoms with van der Waals surface area (Å²) in [5, 5.41) is 9.20. The Balaban J connectivity index is 1.93. The van der Waals surface area contributed by atoms with Crippen molar-refractivity contribution in [3.8, 4) is 22.6 Å². The van der Waals surface area contributed by atoms with Crippen molar-refractivity contribution in [3.63, 3.8) is 0 Å². The Morgan fingerprint density at radius 3 is 1.53 bits per heavy atom. The maximum Gasteiger partial charge on any atom is 0.129 e. The van der Waals surface area contributed by atoms with Gasteiger partial charge in [0.25, 0.3) is 0 Å². The van der Waals surface area contributed by atoms with Crippen LogP contribution in [0.2, 0.25) is 0 Å². The molecule has 8 nitrogen and oxygen atoms in total. The number of nitrogens with one attached hydrogen (secondary N) is 2. The number of fused-ring (bicyclic) bond motifs is 2. The molecular formula is C30H40N6O2. The van der Waals surface area contributed by atoms with Gasteiger partial charge in [0.2, 0.25) is 0 Å². The van der Waals surface area contributed by atoms with E-state index < -0.39 is 0 Å². The molecule has 0 amide bonds. The zero-order valence-electron chi connectivity index (χ0n) is 22.9. The van der Waals surface area contributed by atoms with Gasteiger partial charge in [0.1, 0.15) is 11.5 Å². The zero-order chi connectivity index (χ0) is 27.1. The van der Waals surface area contributed by atoms with Crippen LogP contribution in [0.1, 0.15) is 39.5 Å². The summed E-state index contributed by atoms with van der Waals surface area (Å²) in [7, 11) is 3.40. The van der Waals surface area contributed by atoms with Crippen molar-refractivity contribution < 1.29 is 9.47 Å². The Morgan fingerprint density at radius 1 is 0.737 bits per heavy atom. The molecule has 0 aliphatic heterocycles. The average Bonchev–Trinajstić information content (AvgIpc) is 2.95. The molecule has 4 aromatic rings. The highest BCUT2D eigenvalue weighted by Gasteiger charge is 2.23. The van der Waals surface area contributed by atoms with Crippen LogP contribution in [0.15, 0.2) is 48.8 Å². The van der Waals surface area contributed by atoms with Crippen molar-refractivity contribution in [2.24, 2.45) is 11.5 Å². The lowest BCUT2D eigenvalue weighted by Gasteiger charge is -2.23. The van der Waals surface area contributed by atoms with Crippen molar-refractivity contribution >= 4 is 33.2 Å². The van der Waals surface area contributed by atoms with Crippen LogP contribution in [0.4, 0.5) is 11.4 Å². The standard InChI is InChI=1S/C30H40N6O2/c1-19(9-5-13-31)35-23-17-25(37-3)27(21-11-7-15-33-29(21)23)28-22-12-8-16-34-30(22)24(18-26(28)38-4)36-20(2)10-6-14-32/h7-8,11-12,15-20,35-36H,5-6,9-10,13-14,31-32H2,1-4H3. The predicted octanol–water partition coefficient (Wildman–Crippen LogP) is 5.55. The first-order valence-corrected chi connectivity index (χ1v) is 13.4. The minimum Gasteiger partial charge on any atom is -0.496 e. The minimum absolute atomic E-state index is 0.241. The number of benzene rings is 2. The molecule has 2 aromatic carbocycles. The van der Waals surface area contributed by atoms with E-state index in [1.807, 2.05) is 36.7 Å². The van der Waals surface area contributed by atoms with Crippen LogP contribution in [0, 0.1) is 0 Å². The predicted molar refractivity (Wildman–Crippen MR) is 158 cm³/mol. The summed E-state index contributed by atoms with van der Waals surface area (Å²) >= 11 is 0. The molecule has 0 radical (unpaired) electrons. The van der Waals surface area contributed by atoms with Gasteiger partial charge in [-0.3, -0.25) is 9.97 Å². The number of hydrogen-bond donors (Lipinski definition) is 4. The number of hydrogen-bond acceptors (Lipinski definition) is 8. The van der Waals surface area contributed by atoms with Gasteiger partial charge in [0.15, 0.2) is 0 Å². The Morgan fingerprint density at radius 2 is 1.16 bits per heavy atom. The normalized spacial score (nSPS) is 12.9. The number of aromatic nitrogens is 2. The quantitative estimate of drug-likeness (QED) is 0.183. The SMILES string of the molecule is COc1cc(NC(C)CCCN)c2ncccc2c1-c1c(OC)cc(NC(C)CCCN)c2ncccc12. The van der Waals surface area contributed by atoms with Crippen molar-refractivity contribution in [2.75, 3.05) is 37.9 Å². The number of ether oxygens (including phenoxy) is 2. The number of pyridine rings is 2. The molecule has 4 rings (SSSR count). The largest absolute Gasteiger partial charge is 0.496 e. The van der Waals surface area contributed by atoms with Gasteiger partial charge in [0.05, 0.1) is 36.6 Å². The smallest absolute Gasteiger partial charge is 0.129 e. The van der Waals surface area contributed by atoms with Crippen molar-refractivity contribution in [3.05, 3.63) is 48.8 Å². The van der Waals surface area contributed by atoms with E-state index in [4.69, 9.17) is 30.9 Å². The third-order valence-corrected chi connectivity index (χ3v) is 6.88. The van der Waals surface area contributed by atoms with E-state index in [1.165, 1.54) is 0 Å². The van der Waals surface area contributed by atoms with Gasteiger partial charge in [-0.25, -0.2) is 0 Å². The molecule has 8 heteroatoms. The van der Waals surface area contributed by atoms with E-state index in [9.17, 15) is 0 Å². The molecule has 0 bridgehead atoms. The van der Waals surface area contributed by atoms with Gasteiger partial charge in [0, 0.05) is 58.5 Å². The molecule has 2 unspecified atom stereocenters. The van der Waals surface area contributed by atoms with Crippen molar-refractivity contribution in [2.45, 2.75) is 51.6 Å². The highest BCUT2D eigenvalue weighted by molar-refractivity contribution is 6.13. The van der Waals surface area contributed by atoms with Gasteiger partial charge in [-0.05, 0) is 64.8 Å². The first-order valence-electron chi connectivity index (χ1n) is 13.4. The first kappa shape index (κ1) is 27.4. The summed E-state index contributed by atoms with van der Waals surface area (Å²) < 4.78 is 12.0. The molecule has 0 saturated carbocycles. The van der Waals surface area contributed by atoms with Gasteiger partial charge in [-0.15, -0.1) is 0 Å². The highest BCUT2D eigenvalue weighted by atomic mass is 16.5. The first-order chi connectivity index (χ1) is 18.5. The fourth-order valence-electron chi connectivity index (χ4n) is 5.03. The third-order valence-electron chi connectivity index (χ3n) is 6.88. The minimum atomic E-state index is 0.241. The molecule has 2 aromatic heterocycles. The van der Waals surface area contributed by atoms with Crippen LogP contribution in [0.25, 0.3) is 32.9 Å². The third kappa shape index (κ3) is 5.76. The lowest BCUT2D eigenvalue weighted by molar-refractivity contribution is 0.411. The maximum absolute atomic E-state index is 6.01. The van der Waals surface area contributed by atoms with E-state index in [0.29, 0.717) is 13.1 Å². The second-order valence-electron chi connectivity index (χ2n) is 9.75. The summed E-state index contributed by atoms with van der Waals surface area (Å²) in [6.45, 7) is 5.66. The fraction of sp³-hybridized carbons (Fsp3) is 0.400. The van der Waals surface area contributed by atoms with Crippen LogP contribution in [-0.2, 0) is 0 Å². The number of rotatable bonds is 13. The lowest BCUT2D eigenvalue weighted by atomic mass is 9.93. The van der Waals surface area contributed by atoms with E-state index in [0.717, 1.165) is 81.5 Å². The zero-order valence-corrected chi connectivity index (χ0v) is 22.9. The summed E-state index contributed by atoms with van der Waals surface area (Å²) in [5.41, 5.74) is 16.9. The summed E-state index contributed by atoms with van der Waals surface area (Å²) in [5.74, 6) is 1.47. The van der Waals surface area contributed by atoms with Gasteiger partial charge < -0.3 is 31.6 Å². The van der Waals surface area contributed by atoms with Crippen LogP contribution in [-0.4, -0.2) is 49.4 Å². The van der Waals surface area contributed by atoms with E-state index in [1.54, 1.807) is 14.2 Å². The monoisotopic (exact) mass is 516 g/mol. The average molecular weight is 517 g/mol. The molecular weight excluding hydrogens is 476 g/mol. The van der Waals surface area contributed by atoms with Crippen molar-refractivity contribution in [1.29, 1.82) is 0 Å². The number of nitrogens with zero attached hydrogens (tertiary/aromatic N) is 2. The molecule has 38 heavy (non-hydrogen) atoms. The Hall–Kier alpha value is -3.62. The molecule has 0 saturated heterocycles. The van der Waals surface area contributed by atoms with Gasteiger partial charge in [-0.1, -0.05) is 12.1 Å². The lowest BCUT2D eigenvalue weighted by Crippen LogP contribution is -2.17. The van der Waals surface area contributed by atoms with Crippen LogP contribution < -0.4 is 31.6 Å². The summed E-state index contributed by atoms with van der Waals surface area (Å²) in [6, 6.07) is 12.6. The van der Waals surface area contributed by atoms with E-state index in [-0.39, 0.29) is 12.1 Å². The molecule has 6 N–H and O–H groups in total. The number of methoxy groups -OCH3 is 2. The van der Waals surface area contributed by atoms with Gasteiger partial charge >= 0.3 is 0 Å². The van der Waals surface area contributed by atoms with E-state index >= 15 is 0 Å². The Bertz CT molecular complexity index is 1270. The summed E-state index contributed by atoms with van der Waals surface area (Å²) in [4.78, 5) is 9.55. The Kier molecular flexibility index (Phi) is 9.20. The molecule has 2 heterocycles. The van der Waals surface area contributed by atoms with Crippen molar-refractivity contribution in [1.82, 2.24) is 9.97 Å². The van der Waals surface area contributed by atoms with Gasteiger partial charge in [-0.2, -0.15) is 0 Å². The fourth-order valence-corrected chi connectivity index (χ4v) is 5.03.